The molecule has 0 radical (unpaired) electrons. The summed E-state index contributed by atoms with van der Waals surface area (Å²) >= 11 is 6.25. The van der Waals surface area contributed by atoms with Crippen molar-refractivity contribution in [2.45, 2.75) is 13.8 Å². The van der Waals surface area contributed by atoms with Gasteiger partial charge < -0.3 is 15.4 Å². The molecule has 9 heteroatoms. The Balaban J connectivity index is 1.53. The summed E-state index contributed by atoms with van der Waals surface area (Å²) in [6.07, 6.45) is 0. The lowest BCUT2D eigenvalue weighted by atomic mass is 10.1. The standard InChI is InChI=1S/C27H22ClN3O5/c1-15-10-11-21(16(2)12-15)31-25(33)22(28)23(26(31)34)29-19-8-4-6-17(13-19)24(32)30-20-9-5-7-18(14-20)27(35)36-3/h4-14,29H,1-3H3,(H,30,32). The van der Waals surface area contributed by atoms with Gasteiger partial charge in [-0.2, -0.15) is 0 Å². The summed E-state index contributed by atoms with van der Waals surface area (Å²) in [6.45, 7) is 3.73. The van der Waals surface area contributed by atoms with Crippen molar-refractivity contribution in [3.05, 3.63) is 99.7 Å². The third kappa shape index (κ3) is 4.85. The summed E-state index contributed by atoms with van der Waals surface area (Å²) in [6, 6.07) is 18.1. The zero-order chi connectivity index (χ0) is 26.0. The Morgan fingerprint density at radius 3 is 2.22 bits per heavy atom. The highest BCUT2D eigenvalue weighted by Gasteiger charge is 2.39. The molecule has 1 aliphatic rings. The molecule has 4 rings (SSSR count). The number of rotatable bonds is 6. The highest BCUT2D eigenvalue weighted by atomic mass is 35.5. The molecular weight excluding hydrogens is 482 g/mol. The van der Waals surface area contributed by atoms with Gasteiger partial charge in [0.25, 0.3) is 17.7 Å². The highest BCUT2D eigenvalue weighted by Crippen LogP contribution is 2.32. The third-order valence-corrected chi connectivity index (χ3v) is 5.91. The van der Waals surface area contributed by atoms with E-state index in [1.807, 2.05) is 26.0 Å². The predicted octanol–water partition coefficient (Wildman–Crippen LogP) is 4.78. The van der Waals surface area contributed by atoms with Crippen LogP contribution >= 0.6 is 11.6 Å². The van der Waals surface area contributed by atoms with Crippen LogP contribution in [0.3, 0.4) is 0 Å². The number of carbonyl (C=O) groups excluding carboxylic acids is 4. The molecule has 1 heterocycles. The molecule has 0 saturated carbocycles. The second kappa shape index (κ2) is 10.1. The number of aryl methyl sites for hydroxylation is 2. The van der Waals surface area contributed by atoms with Crippen LogP contribution in [0.5, 0.6) is 0 Å². The van der Waals surface area contributed by atoms with Crippen molar-refractivity contribution in [3.8, 4) is 0 Å². The minimum absolute atomic E-state index is 0.0787. The van der Waals surface area contributed by atoms with Gasteiger partial charge in [0, 0.05) is 16.9 Å². The second-order valence-electron chi connectivity index (χ2n) is 8.16. The summed E-state index contributed by atoms with van der Waals surface area (Å²) in [5, 5.41) is 5.37. The summed E-state index contributed by atoms with van der Waals surface area (Å²) in [7, 11) is 1.28. The molecule has 3 aromatic rings. The zero-order valence-electron chi connectivity index (χ0n) is 19.7. The van der Waals surface area contributed by atoms with Gasteiger partial charge in [0.15, 0.2) is 0 Å². The van der Waals surface area contributed by atoms with Crippen molar-refractivity contribution in [1.82, 2.24) is 0 Å². The number of nitrogens with zero attached hydrogens (tertiary/aromatic N) is 1. The van der Waals surface area contributed by atoms with Crippen molar-refractivity contribution < 1.29 is 23.9 Å². The van der Waals surface area contributed by atoms with Gasteiger partial charge in [0.1, 0.15) is 10.7 Å². The average molecular weight is 504 g/mol. The SMILES string of the molecule is COC(=O)c1cccc(NC(=O)c2cccc(NC3=C(Cl)C(=O)N(c4ccc(C)cc4C)C3=O)c2)c1. The minimum atomic E-state index is -0.629. The number of benzene rings is 3. The van der Waals surface area contributed by atoms with E-state index in [1.165, 1.54) is 19.2 Å². The molecule has 182 valence electrons. The Labute approximate surface area is 212 Å². The van der Waals surface area contributed by atoms with E-state index in [2.05, 4.69) is 10.6 Å². The maximum absolute atomic E-state index is 13.1. The van der Waals surface area contributed by atoms with Gasteiger partial charge in [-0.25, -0.2) is 9.69 Å². The van der Waals surface area contributed by atoms with Crippen molar-refractivity contribution >= 4 is 52.4 Å². The van der Waals surface area contributed by atoms with Crippen LogP contribution in [0.25, 0.3) is 0 Å². The number of ether oxygens (including phenoxy) is 1. The van der Waals surface area contributed by atoms with Crippen LogP contribution in [0.15, 0.2) is 77.5 Å². The fourth-order valence-corrected chi connectivity index (χ4v) is 4.03. The Kier molecular flexibility index (Phi) is 6.89. The highest BCUT2D eigenvalue weighted by molar-refractivity contribution is 6.53. The summed E-state index contributed by atoms with van der Waals surface area (Å²) in [4.78, 5) is 51.5. The van der Waals surface area contributed by atoms with Gasteiger partial charge in [-0.05, 0) is 61.9 Å². The molecule has 0 atom stereocenters. The van der Waals surface area contributed by atoms with E-state index in [9.17, 15) is 19.2 Å². The first kappa shape index (κ1) is 24.7. The van der Waals surface area contributed by atoms with E-state index in [0.29, 0.717) is 22.6 Å². The molecule has 3 amide bonds. The van der Waals surface area contributed by atoms with Crippen LogP contribution in [-0.2, 0) is 14.3 Å². The Morgan fingerprint density at radius 2 is 1.53 bits per heavy atom. The predicted molar refractivity (Wildman–Crippen MR) is 137 cm³/mol. The smallest absolute Gasteiger partial charge is 0.337 e. The molecule has 0 aromatic heterocycles. The summed E-state index contributed by atoms with van der Waals surface area (Å²) in [5.74, 6) is -2.18. The normalized spacial score (nSPS) is 13.2. The Morgan fingerprint density at radius 1 is 0.861 bits per heavy atom. The lowest BCUT2D eigenvalue weighted by molar-refractivity contribution is -0.120. The number of esters is 1. The van der Waals surface area contributed by atoms with Crippen LogP contribution in [0, 0.1) is 13.8 Å². The van der Waals surface area contributed by atoms with Gasteiger partial charge in [-0.3, -0.25) is 14.4 Å². The quantitative estimate of drug-likeness (QED) is 0.370. The maximum Gasteiger partial charge on any atom is 0.337 e. The van der Waals surface area contributed by atoms with Crippen molar-refractivity contribution in [2.24, 2.45) is 0 Å². The van der Waals surface area contributed by atoms with Crippen molar-refractivity contribution in [2.75, 3.05) is 22.6 Å². The lowest BCUT2D eigenvalue weighted by Gasteiger charge is -2.18. The molecule has 0 bridgehead atoms. The molecule has 2 N–H and O–H groups in total. The van der Waals surface area contributed by atoms with Gasteiger partial charge in [0.2, 0.25) is 0 Å². The van der Waals surface area contributed by atoms with E-state index in [1.54, 1.807) is 42.5 Å². The summed E-state index contributed by atoms with van der Waals surface area (Å²) < 4.78 is 4.70. The number of methoxy groups -OCH3 is 1. The second-order valence-corrected chi connectivity index (χ2v) is 8.53. The molecule has 0 spiro atoms. The maximum atomic E-state index is 13.1. The van der Waals surface area contributed by atoms with E-state index in [0.717, 1.165) is 16.0 Å². The Hall–Kier alpha value is -4.43. The van der Waals surface area contributed by atoms with Gasteiger partial charge in [-0.1, -0.05) is 41.4 Å². The fraction of sp³-hybridized carbons (Fsp3) is 0.111. The van der Waals surface area contributed by atoms with Crippen molar-refractivity contribution in [1.29, 1.82) is 0 Å². The van der Waals surface area contributed by atoms with E-state index in [4.69, 9.17) is 16.3 Å². The number of amides is 3. The third-order valence-electron chi connectivity index (χ3n) is 5.56. The number of halogens is 1. The van der Waals surface area contributed by atoms with Crippen LogP contribution in [0.1, 0.15) is 31.8 Å². The van der Waals surface area contributed by atoms with Gasteiger partial charge in [0.05, 0.1) is 18.4 Å². The summed E-state index contributed by atoms with van der Waals surface area (Å²) in [5.41, 5.74) is 3.51. The molecule has 0 unspecified atom stereocenters. The first-order chi connectivity index (χ1) is 17.2. The van der Waals surface area contributed by atoms with E-state index in [-0.39, 0.29) is 16.3 Å². The molecule has 36 heavy (non-hydrogen) atoms. The number of hydrogen-bond acceptors (Lipinski definition) is 6. The van der Waals surface area contributed by atoms with Gasteiger partial charge in [-0.15, -0.1) is 0 Å². The Bertz CT molecular complexity index is 1450. The van der Waals surface area contributed by atoms with Crippen LogP contribution in [0.4, 0.5) is 17.1 Å². The fourth-order valence-electron chi connectivity index (χ4n) is 3.81. The number of carbonyl (C=O) groups is 4. The molecule has 0 aliphatic carbocycles. The van der Waals surface area contributed by atoms with Crippen LogP contribution < -0.4 is 15.5 Å². The first-order valence-electron chi connectivity index (χ1n) is 10.9. The molecule has 8 nitrogen and oxygen atoms in total. The number of hydrogen-bond donors (Lipinski definition) is 2. The number of imide groups is 1. The van der Waals surface area contributed by atoms with Crippen molar-refractivity contribution in [3.63, 3.8) is 0 Å². The zero-order valence-corrected chi connectivity index (χ0v) is 20.5. The van der Waals surface area contributed by atoms with Crippen LogP contribution in [0.2, 0.25) is 0 Å². The molecule has 0 saturated heterocycles. The average Bonchev–Trinajstić information content (AvgIpc) is 3.07. The molecule has 3 aromatic carbocycles. The lowest BCUT2D eigenvalue weighted by Crippen LogP contribution is -2.32. The van der Waals surface area contributed by atoms with E-state index < -0.39 is 23.7 Å². The molecular formula is C27H22ClN3O5. The first-order valence-corrected chi connectivity index (χ1v) is 11.3. The van der Waals surface area contributed by atoms with E-state index >= 15 is 0 Å². The number of nitrogens with one attached hydrogen (secondary N) is 2. The molecule has 1 aliphatic heterocycles. The molecule has 0 fully saturated rings. The number of anilines is 3. The van der Waals surface area contributed by atoms with Gasteiger partial charge >= 0.3 is 5.97 Å². The monoisotopic (exact) mass is 503 g/mol. The largest absolute Gasteiger partial charge is 0.465 e. The minimum Gasteiger partial charge on any atom is -0.465 e. The topological polar surface area (TPSA) is 105 Å². The van der Waals surface area contributed by atoms with Crippen LogP contribution in [-0.4, -0.2) is 30.8 Å².